The van der Waals surface area contributed by atoms with E-state index in [2.05, 4.69) is 65.4 Å². The van der Waals surface area contributed by atoms with Gasteiger partial charge in [0.05, 0.1) is 35.2 Å². The molecule has 2 aliphatic heterocycles. The molecule has 0 radical (unpaired) electrons. The van der Waals surface area contributed by atoms with Gasteiger partial charge < -0.3 is 24.5 Å². The molecule has 10 nitrogen and oxygen atoms in total. The van der Waals surface area contributed by atoms with Crippen LogP contribution in [0, 0.1) is 31.6 Å². The van der Waals surface area contributed by atoms with Crippen molar-refractivity contribution in [3.05, 3.63) is 79.8 Å². The van der Waals surface area contributed by atoms with Crippen molar-refractivity contribution in [2.24, 2.45) is 17.8 Å². The molecule has 0 fully saturated rings. The van der Waals surface area contributed by atoms with Crippen molar-refractivity contribution in [1.29, 1.82) is 0 Å². The minimum Gasteiger partial charge on any atom is -0.512 e. The van der Waals surface area contributed by atoms with Crippen molar-refractivity contribution in [3.8, 4) is 0 Å². The van der Waals surface area contributed by atoms with Gasteiger partial charge in [-0.05, 0) is 107 Å². The van der Waals surface area contributed by atoms with Gasteiger partial charge in [0.25, 0.3) is 0 Å². The van der Waals surface area contributed by atoms with Gasteiger partial charge in [-0.2, -0.15) is 0 Å². The van der Waals surface area contributed by atoms with Crippen LogP contribution >= 0.6 is 0 Å². The van der Waals surface area contributed by atoms with Crippen LogP contribution in [0.25, 0.3) is 33.4 Å². The summed E-state index contributed by atoms with van der Waals surface area (Å²) in [5, 5.41) is 12.1. The Balaban J connectivity index is 1.26. The van der Waals surface area contributed by atoms with Crippen LogP contribution in [0.2, 0.25) is 0 Å². The molecule has 0 amide bonds. The molecule has 6 rings (SSSR count). The number of hydrogen-bond donors (Lipinski definition) is 3. The zero-order chi connectivity index (χ0) is 47.3. The van der Waals surface area contributed by atoms with Crippen molar-refractivity contribution < 1.29 is 29.0 Å². The van der Waals surface area contributed by atoms with E-state index in [1.54, 1.807) is 6.92 Å². The first-order valence-corrected chi connectivity index (χ1v) is 24.6. The zero-order valence-corrected chi connectivity index (χ0v) is 41.4. The van der Waals surface area contributed by atoms with Gasteiger partial charge in [-0.15, -0.1) is 0 Å². The second-order valence-electron chi connectivity index (χ2n) is 20.2. The topological polar surface area (TPSA) is 147 Å². The van der Waals surface area contributed by atoms with Gasteiger partial charge in [0.15, 0.2) is 0 Å². The monoisotopic (exact) mass is 889 g/mol. The number of aliphatic hydroxyl groups excluding tert-OH is 1. The number of methoxy groups -OCH3 is 1. The molecule has 3 aliphatic rings. The number of ketones is 1. The van der Waals surface area contributed by atoms with Crippen molar-refractivity contribution >= 4 is 51.1 Å². The number of ether oxygens (including phenoxy) is 2. The van der Waals surface area contributed by atoms with Crippen molar-refractivity contribution in [2.45, 2.75) is 177 Å². The van der Waals surface area contributed by atoms with Crippen molar-refractivity contribution in [2.75, 3.05) is 13.7 Å². The van der Waals surface area contributed by atoms with Gasteiger partial charge in [0, 0.05) is 68.6 Å². The van der Waals surface area contributed by atoms with E-state index >= 15 is 0 Å². The number of H-pyrrole nitrogens is 2. The molecular weight excluding hydrogens is 813 g/mol. The van der Waals surface area contributed by atoms with Crippen molar-refractivity contribution in [3.63, 3.8) is 0 Å². The second kappa shape index (κ2) is 21.5. The molecule has 352 valence electrons. The zero-order valence-electron chi connectivity index (χ0n) is 41.4. The molecule has 0 saturated heterocycles. The Labute approximate surface area is 386 Å². The van der Waals surface area contributed by atoms with Crippen LogP contribution in [0.3, 0.4) is 0 Å². The SMILES string of the molecule is CCC1c2cc3[nH]c4c(c3C)C(=O)C(C(=O)OC)=c4c3nc(cc4[nH]c(cc(n2)C1C)/c(=C(/C)O)c4C)[C@@H](C)[C@@H]3CCC(=O)OC/C=C(\C)CCC[C@H](C)CCC[C@H](C)CCCC(C)C. The standard InChI is InChI=1S/C55H76N4O6/c1-13-39-34(7)41-29-46-48(38(11)60)36(9)43(57-46)27-42-35(8)40(52(58-42)50-51(55(63)64-12)54(62)49-37(10)44(59-53(49)50)28-45(39)56-41)23-24-47(61)65-26-25-33(6)22-16-21-32(5)20-15-19-31(4)18-14-17-30(2)3/h25,27-32,34-35,39-40,57,59-60H,13-24,26H2,1-12H3/b33-25+,42-27?,45-28?,46-29?,48-38-/t31-,32-,34?,35+,39?,40+/m1/s1. The summed E-state index contributed by atoms with van der Waals surface area (Å²) < 4.78 is 11.0. The fourth-order valence-corrected chi connectivity index (χ4v) is 10.6. The number of allylic oxidation sites excluding steroid dienone is 1. The van der Waals surface area contributed by atoms with E-state index in [1.807, 2.05) is 38.1 Å². The first kappa shape index (κ1) is 49.4. The molecule has 2 unspecified atom stereocenters. The second-order valence-corrected chi connectivity index (χ2v) is 20.2. The van der Waals surface area contributed by atoms with Crippen LogP contribution in [-0.4, -0.2) is 56.5 Å². The van der Waals surface area contributed by atoms with E-state index in [0.29, 0.717) is 39.6 Å². The summed E-state index contributed by atoms with van der Waals surface area (Å²) in [6, 6.07) is 6.05. The number of Topliss-reactive ketones (excluding diaryl/α,β-unsaturated/α-hetero) is 1. The van der Waals surface area contributed by atoms with Gasteiger partial charge in [0.1, 0.15) is 12.2 Å². The summed E-state index contributed by atoms with van der Waals surface area (Å²) in [4.78, 5) is 58.9. The maximum absolute atomic E-state index is 14.4. The lowest BCUT2D eigenvalue weighted by molar-refractivity contribution is -0.142. The number of carbonyl (C=O) groups is 3. The van der Waals surface area contributed by atoms with Crippen LogP contribution in [0.4, 0.5) is 0 Å². The van der Waals surface area contributed by atoms with E-state index in [-0.39, 0.29) is 54.0 Å². The maximum Gasteiger partial charge on any atom is 0.342 e. The third-order valence-electron chi connectivity index (χ3n) is 14.7. The molecule has 0 saturated carbocycles. The molecular formula is C55H76N4O6. The number of fused-ring (bicyclic) bond motifs is 8. The van der Waals surface area contributed by atoms with Crippen molar-refractivity contribution in [1.82, 2.24) is 19.9 Å². The fourth-order valence-electron chi connectivity index (χ4n) is 10.6. The highest BCUT2D eigenvalue weighted by atomic mass is 16.5. The van der Waals surface area contributed by atoms with Gasteiger partial charge in [-0.3, -0.25) is 19.6 Å². The third kappa shape index (κ3) is 11.0. The average molecular weight is 889 g/mol. The first-order chi connectivity index (χ1) is 30.9. The molecule has 0 spiro atoms. The lowest BCUT2D eigenvalue weighted by Gasteiger charge is -2.16. The molecule has 10 heteroatoms. The molecule has 0 aromatic carbocycles. The Morgan fingerprint density at radius 1 is 0.800 bits per heavy atom. The van der Waals surface area contributed by atoms with Crippen LogP contribution in [0.15, 0.2) is 29.8 Å². The minimum atomic E-state index is -0.729. The van der Waals surface area contributed by atoms with E-state index in [0.717, 1.165) is 75.9 Å². The van der Waals surface area contributed by atoms with E-state index in [4.69, 9.17) is 19.4 Å². The highest BCUT2D eigenvalue weighted by Crippen LogP contribution is 2.41. The lowest BCUT2D eigenvalue weighted by atomic mass is 9.86. The molecule has 3 aromatic heterocycles. The van der Waals surface area contributed by atoms with Gasteiger partial charge in [0.2, 0.25) is 5.78 Å². The Kier molecular flexibility index (Phi) is 16.4. The Bertz CT molecular complexity index is 2590. The summed E-state index contributed by atoms with van der Waals surface area (Å²) in [6.07, 6.45) is 14.6. The van der Waals surface area contributed by atoms with E-state index in [9.17, 15) is 19.5 Å². The predicted molar refractivity (Wildman–Crippen MR) is 262 cm³/mol. The first-order valence-electron chi connectivity index (χ1n) is 24.6. The molecule has 65 heavy (non-hydrogen) atoms. The van der Waals surface area contributed by atoms with Gasteiger partial charge in [-0.1, -0.05) is 99.0 Å². The number of aryl methyl sites for hydroxylation is 2. The highest BCUT2D eigenvalue weighted by molar-refractivity contribution is 6.48. The Morgan fingerprint density at radius 2 is 1.40 bits per heavy atom. The molecule has 3 N–H and O–H groups in total. The summed E-state index contributed by atoms with van der Waals surface area (Å²) in [7, 11) is 1.28. The van der Waals surface area contributed by atoms with Crippen LogP contribution < -0.4 is 10.4 Å². The van der Waals surface area contributed by atoms with Gasteiger partial charge in [-0.25, -0.2) is 4.79 Å². The molecule has 3 aromatic rings. The molecule has 8 bridgehead atoms. The number of aromatic nitrogens is 4. The number of nitrogens with zero attached hydrogens (tertiary/aromatic N) is 2. The average Bonchev–Trinajstić information content (AvgIpc) is 4.00. The molecule has 6 atom stereocenters. The maximum atomic E-state index is 14.4. The Hall–Kier alpha value is -4.99. The summed E-state index contributed by atoms with van der Waals surface area (Å²) in [5.74, 6) is 0.751. The van der Waals surface area contributed by atoms with E-state index < -0.39 is 11.8 Å². The third-order valence-corrected chi connectivity index (χ3v) is 14.7. The normalized spacial score (nSPS) is 19.8. The number of nitrogens with one attached hydrogen (secondary N) is 2. The predicted octanol–water partition coefficient (Wildman–Crippen LogP) is 12.0. The number of aliphatic hydroxyl groups is 1. The van der Waals surface area contributed by atoms with Crippen LogP contribution in [0.5, 0.6) is 0 Å². The number of esters is 2. The minimum absolute atomic E-state index is 0.0592. The number of aromatic amines is 2. The Morgan fingerprint density at radius 3 is 2.05 bits per heavy atom. The number of carbonyl (C=O) groups excluding carboxylic acids is 3. The lowest BCUT2D eigenvalue weighted by Crippen LogP contribution is -2.22. The summed E-state index contributed by atoms with van der Waals surface area (Å²) in [6.45, 7) is 23.7. The number of hydrogen-bond acceptors (Lipinski definition) is 8. The number of rotatable bonds is 19. The summed E-state index contributed by atoms with van der Waals surface area (Å²) >= 11 is 0. The molecule has 1 aliphatic carbocycles. The van der Waals surface area contributed by atoms with E-state index in [1.165, 1.54) is 57.6 Å². The quantitative estimate of drug-likeness (QED) is 0.0796. The smallest absolute Gasteiger partial charge is 0.342 e. The molecule has 5 heterocycles. The van der Waals surface area contributed by atoms with Crippen LogP contribution in [0.1, 0.15) is 207 Å². The fraction of sp³-hybridized carbons (Fsp3) is 0.582. The van der Waals surface area contributed by atoms with Gasteiger partial charge >= 0.3 is 11.9 Å². The van der Waals surface area contributed by atoms with Crippen LogP contribution in [-0.2, 0) is 19.1 Å². The summed E-state index contributed by atoms with van der Waals surface area (Å²) in [5.41, 5.74) is 9.07. The largest absolute Gasteiger partial charge is 0.512 e. The highest BCUT2D eigenvalue weighted by Gasteiger charge is 2.38.